The molecule has 0 heterocycles. The summed E-state index contributed by atoms with van der Waals surface area (Å²) < 4.78 is 10.1. The molecule has 0 radical (unpaired) electrons. The molecule has 0 saturated heterocycles. The summed E-state index contributed by atoms with van der Waals surface area (Å²) in [5, 5.41) is 8.64. The third-order valence-corrected chi connectivity index (χ3v) is 1.89. The molecule has 0 amide bonds. The number of rotatable bonds is 5. The van der Waals surface area contributed by atoms with Crippen LogP contribution < -0.4 is 4.74 Å². The lowest BCUT2D eigenvalue weighted by Crippen LogP contribution is -2.22. The normalized spacial score (nSPS) is 12.1. The number of carbonyl (C=O) groups is 1. The van der Waals surface area contributed by atoms with Crippen LogP contribution in [0, 0.1) is 0 Å². The van der Waals surface area contributed by atoms with E-state index in [0.29, 0.717) is 12.4 Å². The molecule has 15 heavy (non-hydrogen) atoms. The Bertz CT molecular complexity index is 318. The predicted molar refractivity (Wildman–Crippen MR) is 54.9 cm³/mol. The van der Waals surface area contributed by atoms with E-state index in [4.69, 9.17) is 14.6 Å². The molecule has 0 aliphatic rings. The van der Waals surface area contributed by atoms with Gasteiger partial charge in [-0.1, -0.05) is 12.1 Å². The Hall–Kier alpha value is -1.55. The van der Waals surface area contributed by atoms with E-state index < -0.39 is 12.1 Å². The number of carboxylic acid groups (broad SMARTS) is 1. The van der Waals surface area contributed by atoms with Gasteiger partial charge in [0.2, 0.25) is 0 Å². The molecule has 4 heteroatoms. The standard InChI is InChI=1S/C11H14O4/c1-8(11(12)13)15-10-5-3-9(4-6-10)7-14-2/h3-6,8H,7H2,1-2H3,(H,12,13). The van der Waals surface area contributed by atoms with E-state index in [-0.39, 0.29) is 0 Å². The first kappa shape index (κ1) is 11.5. The Balaban J connectivity index is 2.60. The molecule has 1 atom stereocenters. The number of carboxylic acids is 1. The van der Waals surface area contributed by atoms with Gasteiger partial charge in [0, 0.05) is 7.11 Å². The van der Waals surface area contributed by atoms with E-state index in [9.17, 15) is 4.79 Å². The summed E-state index contributed by atoms with van der Waals surface area (Å²) in [6.45, 7) is 2.03. The first-order chi connectivity index (χ1) is 7.13. The second-order valence-corrected chi connectivity index (χ2v) is 3.18. The summed E-state index contributed by atoms with van der Waals surface area (Å²) in [6.07, 6.45) is -0.835. The highest BCUT2D eigenvalue weighted by Crippen LogP contribution is 2.14. The molecule has 1 rings (SSSR count). The minimum atomic E-state index is -0.976. The van der Waals surface area contributed by atoms with Crippen LogP contribution >= 0.6 is 0 Å². The summed E-state index contributed by atoms with van der Waals surface area (Å²) in [4.78, 5) is 10.5. The summed E-state index contributed by atoms with van der Waals surface area (Å²) in [6, 6.07) is 7.14. The fraction of sp³-hybridized carbons (Fsp3) is 0.364. The molecule has 0 aromatic heterocycles. The number of benzene rings is 1. The topological polar surface area (TPSA) is 55.8 Å². The van der Waals surface area contributed by atoms with Crippen LogP contribution in [0.5, 0.6) is 5.75 Å². The average Bonchev–Trinajstić information content (AvgIpc) is 2.21. The Morgan fingerprint density at radius 2 is 2.00 bits per heavy atom. The predicted octanol–water partition coefficient (Wildman–Crippen LogP) is 1.68. The monoisotopic (exact) mass is 210 g/mol. The third kappa shape index (κ3) is 3.59. The zero-order valence-electron chi connectivity index (χ0n) is 8.77. The molecular formula is C11H14O4. The minimum absolute atomic E-state index is 0.536. The van der Waals surface area contributed by atoms with Gasteiger partial charge in [0.05, 0.1) is 6.61 Å². The van der Waals surface area contributed by atoms with Crippen molar-refractivity contribution in [2.24, 2.45) is 0 Å². The number of hydrogen-bond acceptors (Lipinski definition) is 3. The zero-order valence-corrected chi connectivity index (χ0v) is 8.77. The first-order valence-electron chi connectivity index (χ1n) is 4.61. The Kier molecular flexibility index (Phi) is 4.12. The van der Waals surface area contributed by atoms with Crippen LogP contribution in [0.3, 0.4) is 0 Å². The van der Waals surface area contributed by atoms with Crippen molar-refractivity contribution in [3.63, 3.8) is 0 Å². The van der Waals surface area contributed by atoms with Crippen molar-refractivity contribution in [1.29, 1.82) is 0 Å². The number of aliphatic carboxylic acids is 1. The van der Waals surface area contributed by atoms with Gasteiger partial charge < -0.3 is 14.6 Å². The van der Waals surface area contributed by atoms with E-state index in [1.807, 2.05) is 12.1 Å². The molecule has 82 valence electrons. The maximum absolute atomic E-state index is 10.5. The van der Waals surface area contributed by atoms with Gasteiger partial charge in [-0.2, -0.15) is 0 Å². The molecule has 1 aromatic rings. The Labute approximate surface area is 88.4 Å². The van der Waals surface area contributed by atoms with E-state index in [1.54, 1.807) is 19.2 Å². The van der Waals surface area contributed by atoms with E-state index in [2.05, 4.69) is 0 Å². The molecule has 0 aliphatic carbocycles. The SMILES string of the molecule is COCc1ccc(OC(C)C(=O)O)cc1. The van der Waals surface area contributed by atoms with Crippen molar-refractivity contribution >= 4 is 5.97 Å². The Morgan fingerprint density at radius 1 is 1.40 bits per heavy atom. The maximum atomic E-state index is 10.5. The molecule has 1 aromatic carbocycles. The van der Waals surface area contributed by atoms with Crippen LogP contribution in [0.15, 0.2) is 24.3 Å². The molecule has 1 N–H and O–H groups in total. The molecule has 0 fully saturated rings. The molecular weight excluding hydrogens is 196 g/mol. The second kappa shape index (κ2) is 5.36. The van der Waals surface area contributed by atoms with Gasteiger partial charge in [0.1, 0.15) is 5.75 Å². The highest BCUT2D eigenvalue weighted by molar-refractivity contribution is 5.72. The summed E-state index contributed by atoms with van der Waals surface area (Å²) in [7, 11) is 1.62. The largest absolute Gasteiger partial charge is 0.479 e. The molecule has 0 saturated carbocycles. The Morgan fingerprint density at radius 3 is 2.47 bits per heavy atom. The first-order valence-corrected chi connectivity index (χ1v) is 4.61. The van der Waals surface area contributed by atoms with Crippen molar-refractivity contribution in [3.8, 4) is 5.75 Å². The van der Waals surface area contributed by atoms with Gasteiger partial charge in [0.15, 0.2) is 6.10 Å². The third-order valence-electron chi connectivity index (χ3n) is 1.89. The van der Waals surface area contributed by atoms with Gasteiger partial charge in [-0.15, -0.1) is 0 Å². The second-order valence-electron chi connectivity index (χ2n) is 3.18. The van der Waals surface area contributed by atoms with Gasteiger partial charge in [-0.25, -0.2) is 4.79 Å². The van der Waals surface area contributed by atoms with Crippen molar-refractivity contribution in [2.45, 2.75) is 19.6 Å². The quantitative estimate of drug-likeness (QED) is 0.803. The fourth-order valence-corrected chi connectivity index (χ4v) is 1.09. The lowest BCUT2D eigenvalue weighted by Gasteiger charge is -2.10. The van der Waals surface area contributed by atoms with Crippen molar-refractivity contribution in [2.75, 3.05) is 7.11 Å². The minimum Gasteiger partial charge on any atom is -0.479 e. The van der Waals surface area contributed by atoms with Gasteiger partial charge in [-0.3, -0.25) is 0 Å². The summed E-state index contributed by atoms with van der Waals surface area (Å²) in [5.74, 6) is -0.430. The molecule has 1 unspecified atom stereocenters. The van der Waals surface area contributed by atoms with E-state index in [1.165, 1.54) is 6.92 Å². The highest BCUT2D eigenvalue weighted by atomic mass is 16.5. The van der Waals surface area contributed by atoms with Crippen LogP contribution in [0.1, 0.15) is 12.5 Å². The van der Waals surface area contributed by atoms with E-state index in [0.717, 1.165) is 5.56 Å². The van der Waals surface area contributed by atoms with Gasteiger partial charge in [-0.05, 0) is 24.6 Å². The number of ether oxygens (including phenoxy) is 2. The summed E-state index contributed by atoms with van der Waals surface area (Å²) in [5.41, 5.74) is 1.02. The lowest BCUT2D eigenvalue weighted by molar-refractivity contribution is -0.144. The smallest absolute Gasteiger partial charge is 0.344 e. The number of methoxy groups -OCH3 is 1. The number of hydrogen-bond donors (Lipinski definition) is 1. The molecule has 0 bridgehead atoms. The average molecular weight is 210 g/mol. The van der Waals surface area contributed by atoms with Crippen molar-refractivity contribution in [3.05, 3.63) is 29.8 Å². The van der Waals surface area contributed by atoms with E-state index >= 15 is 0 Å². The van der Waals surface area contributed by atoms with Crippen LogP contribution in [-0.2, 0) is 16.1 Å². The van der Waals surface area contributed by atoms with Crippen LogP contribution in [0.4, 0.5) is 0 Å². The van der Waals surface area contributed by atoms with Gasteiger partial charge in [0.25, 0.3) is 0 Å². The van der Waals surface area contributed by atoms with Crippen molar-refractivity contribution in [1.82, 2.24) is 0 Å². The molecule has 4 nitrogen and oxygen atoms in total. The van der Waals surface area contributed by atoms with Crippen LogP contribution in [-0.4, -0.2) is 24.3 Å². The highest BCUT2D eigenvalue weighted by Gasteiger charge is 2.11. The fourth-order valence-electron chi connectivity index (χ4n) is 1.09. The molecule has 0 spiro atoms. The van der Waals surface area contributed by atoms with Crippen molar-refractivity contribution < 1.29 is 19.4 Å². The van der Waals surface area contributed by atoms with Crippen LogP contribution in [0.2, 0.25) is 0 Å². The summed E-state index contributed by atoms with van der Waals surface area (Å²) >= 11 is 0. The van der Waals surface area contributed by atoms with Gasteiger partial charge >= 0.3 is 5.97 Å². The molecule has 0 aliphatic heterocycles. The lowest BCUT2D eigenvalue weighted by atomic mass is 10.2. The zero-order chi connectivity index (χ0) is 11.3. The van der Waals surface area contributed by atoms with Crippen LogP contribution in [0.25, 0.3) is 0 Å². The maximum Gasteiger partial charge on any atom is 0.344 e.